The van der Waals surface area contributed by atoms with Crippen LogP contribution in [-0.4, -0.2) is 0 Å². The molecule has 1 heteroatoms. The summed E-state index contributed by atoms with van der Waals surface area (Å²) in [6.45, 7) is 2.13. The van der Waals surface area contributed by atoms with Crippen LogP contribution in [0.4, 0.5) is 0 Å². The van der Waals surface area contributed by atoms with Crippen LogP contribution in [0.15, 0.2) is 47.2 Å². The number of benzene rings is 1. The zero-order valence-corrected chi connectivity index (χ0v) is 9.42. The van der Waals surface area contributed by atoms with Gasteiger partial charge in [-0.2, -0.15) is 11.3 Å². The summed E-state index contributed by atoms with van der Waals surface area (Å²) >= 11 is 1.68. The van der Waals surface area contributed by atoms with Crippen molar-refractivity contribution in [3.05, 3.63) is 58.3 Å². The van der Waals surface area contributed by atoms with Crippen molar-refractivity contribution in [2.45, 2.75) is 12.8 Å². The molecule has 1 aromatic carbocycles. The third-order valence-corrected chi connectivity index (χ3v) is 2.94. The van der Waals surface area contributed by atoms with Crippen LogP contribution in [0.5, 0.6) is 0 Å². The van der Waals surface area contributed by atoms with E-state index < -0.39 is 0 Å². The Morgan fingerprint density at radius 2 is 1.93 bits per heavy atom. The molecule has 1 atom stereocenters. The van der Waals surface area contributed by atoms with Gasteiger partial charge in [-0.15, -0.1) is 0 Å². The van der Waals surface area contributed by atoms with E-state index in [4.69, 9.17) is 0 Å². The van der Waals surface area contributed by atoms with E-state index in [9.17, 15) is 0 Å². The molecule has 0 aliphatic carbocycles. The molecule has 0 aliphatic rings. The van der Waals surface area contributed by atoms with E-state index in [1.807, 2.05) is 6.07 Å². The van der Waals surface area contributed by atoms with Crippen molar-refractivity contribution in [2.24, 2.45) is 0 Å². The van der Waals surface area contributed by atoms with Crippen LogP contribution in [0.3, 0.4) is 0 Å². The highest BCUT2D eigenvalue weighted by atomic mass is 32.1. The second-order valence-corrected chi connectivity index (χ2v) is 4.19. The first kappa shape index (κ1) is 10.0. The smallest absolute Gasteiger partial charge is 0.0427 e. The molecule has 2 rings (SSSR count). The number of hydrogen-bond acceptors (Lipinski definition) is 1. The molecule has 74 valence electrons. The van der Waals surface area contributed by atoms with E-state index in [0.29, 0.717) is 5.92 Å². The molecule has 0 saturated carbocycles. The maximum Gasteiger partial charge on any atom is 0.0427 e. The molecule has 0 N–H and O–H groups in total. The Morgan fingerprint density at radius 1 is 1.13 bits per heavy atom. The Balaban J connectivity index is 2.13. The second kappa shape index (κ2) is 4.82. The van der Waals surface area contributed by atoms with E-state index >= 15 is 0 Å². The molecule has 0 nitrogen and oxygen atoms in total. The quantitative estimate of drug-likeness (QED) is 0.629. The zero-order chi connectivity index (χ0) is 10.5. The van der Waals surface area contributed by atoms with Crippen molar-refractivity contribution >= 4 is 11.3 Å². The monoisotopic (exact) mass is 212 g/mol. The maximum atomic E-state index is 3.26. The minimum absolute atomic E-state index is 0.297. The van der Waals surface area contributed by atoms with E-state index in [-0.39, 0.29) is 0 Å². The predicted octanol–water partition coefficient (Wildman–Crippen LogP) is 3.90. The number of rotatable bonds is 1. The molecule has 15 heavy (non-hydrogen) atoms. The molecular weight excluding hydrogens is 200 g/mol. The van der Waals surface area contributed by atoms with Crippen LogP contribution in [0.2, 0.25) is 0 Å². The molecule has 0 radical (unpaired) electrons. The van der Waals surface area contributed by atoms with Crippen molar-refractivity contribution < 1.29 is 0 Å². The van der Waals surface area contributed by atoms with E-state index in [0.717, 1.165) is 5.56 Å². The third kappa shape index (κ3) is 2.71. The van der Waals surface area contributed by atoms with Gasteiger partial charge in [0.2, 0.25) is 0 Å². The molecule has 0 aliphatic heterocycles. The van der Waals surface area contributed by atoms with Crippen LogP contribution in [0.1, 0.15) is 24.0 Å². The fourth-order valence-electron chi connectivity index (χ4n) is 1.35. The molecule has 0 amide bonds. The average Bonchev–Trinajstić information content (AvgIpc) is 2.80. The van der Waals surface area contributed by atoms with Crippen LogP contribution in [0.25, 0.3) is 0 Å². The minimum atomic E-state index is 0.297. The van der Waals surface area contributed by atoms with Crippen molar-refractivity contribution in [3.8, 4) is 11.8 Å². The first-order valence-electron chi connectivity index (χ1n) is 4.95. The van der Waals surface area contributed by atoms with Gasteiger partial charge in [-0.05, 0) is 23.9 Å². The van der Waals surface area contributed by atoms with E-state index in [1.165, 1.54) is 5.56 Å². The molecule has 0 unspecified atom stereocenters. The third-order valence-electron chi connectivity index (χ3n) is 2.25. The van der Waals surface area contributed by atoms with Gasteiger partial charge in [0.05, 0.1) is 0 Å². The van der Waals surface area contributed by atoms with Gasteiger partial charge < -0.3 is 0 Å². The molecular formula is C14H12S. The molecule has 2 aromatic rings. The van der Waals surface area contributed by atoms with Crippen molar-refractivity contribution in [3.63, 3.8) is 0 Å². The Kier molecular flexibility index (Phi) is 3.22. The number of hydrogen-bond donors (Lipinski definition) is 0. The normalized spacial score (nSPS) is 11.5. The highest BCUT2D eigenvalue weighted by Crippen LogP contribution is 2.13. The Labute approximate surface area is 94.6 Å². The van der Waals surface area contributed by atoms with Gasteiger partial charge in [0.1, 0.15) is 0 Å². The standard InChI is InChI=1S/C14H12S/c1-12(14-5-3-2-4-6-14)7-8-13-9-10-15-11-13/h2-6,9-12H,1H3/t12-/m0/s1. The summed E-state index contributed by atoms with van der Waals surface area (Å²) in [5.41, 5.74) is 2.39. The topological polar surface area (TPSA) is 0 Å². The largest absolute Gasteiger partial charge is 0.151 e. The Morgan fingerprint density at radius 3 is 2.60 bits per heavy atom. The van der Waals surface area contributed by atoms with Gasteiger partial charge in [-0.3, -0.25) is 0 Å². The summed E-state index contributed by atoms with van der Waals surface area (Å²) < 4.78 is 0. The first-order chi connectivity index (χ1) is 7.36. The molecule has 0 saturated heterocycles. The average molecular weight is 212 g/mol. The molecule has 1 heterocycles. The lowest BCUT2D eigenvalue weighted by atomic mass is 10.0. The van der Waals surface area contributed by atoms with Crippen molar-refractivity contribution in [1.29, 1.82) is 0 Å². The van der Waals surface area contributed by atoms with Gasteiger partial charge in [0.25, 0.3) is 0 Å². The molecule has 0 spiro atoms. The summed E-state index contributed by atoms with van der Waals surface area (Å²) in [4.78, 5) is 0. The lowest BCUT2D eigenvalue weighted by Gasteiger charge is -2.02. The van der Waals surface area contributed by atoms with Crippen molar-refractivity contribution in [1.82, 2.24) is 0 Å². The van der Waals surface area contributed by atoms with Crippen LogP contribution < -0.4 is 0 Å². The fraction of sp³-hybridized carbons (Fsp3) is 0.143. The molecule has 0 fully saturated rings. The van der Waals surface area contributed by atoms with Gasteiger partial charge in [0, 0.05) is 16.9 Å². The summed E-state index contributed by atoms with van der Waals surface area (Å²) in [6, 6.07) is 12.4. The van der Waals surface area contributed by atoms with Crippen LogP contribution >= 0.6 is 11.3 Å². The number of thiophene rings is 1. The summed E-state index contributed by atoms with van der Waals surface area (Å²) in [6.07, 6.45) is 0. The lowest BCUT2D eigenvalue weighted by molar-refractivity contribution is 1.00. The summed E-state index contributed by atoms with van der Waals surface area (Å²) in [5.74, 6) is 6.74. The highest BCUT2D eigenvalue weighted by molar-refractivity contribution is 7.08. The Bertz CT molecular complexity index is 457. The maximum absolute atomic E-state index is 3.26. The van der Waals surface area contributed by atoms with Gasteiger partial charge in [0.15, 0.2) is 0 Å². The van der Waals surface area contributed by atoms with Crippen LogP contribution in [0, 0.1) is 11.8 Å². The second-order valence-electron chi connectivity index (χ2n) is 3.41. The lowest BCUT2D eigenvalue weighted by Crippen LogP contribution is -1.88. The first-order valence-corrected chi connectivity index (χ1v) is 5.89. The van der Waals surface area contributed by atoms with E-state index in [2.05, 4.69) is 59.9 Å². The summed E-state index contributed by atoms with van der Waals surface area (Å²) in [5, 5.41) is 4.13. The molecule has 0 bridgehead atoms. The summed E-state index contributed by atoms with van der Waals surface area (Å²) in [7, 11) is 0. The fourth-order valence-corrected chi connectivity index (χ4v) is 1.94. The predicted molar refractivity (Wildman–Crippen MR) is 66.1 cm³/mol. The van der Waals surface area contributed by atoms with Gasteiger partial charge in [-0.1, -0.05) is 42.2 Å². The zero-order valence-electron chi connectivity index (χ0n) is 8.60. The Hall–Kier alpha value is -1.52. The SMILES string of the molecule is C[C@@H](C#Cc1ccsc1)c1ccccc1. The highest BCUT2D eigenvalue weighted by Gasteiger charge is 1.98. The molecule has 1 aromatic heterocycles. The minimum Gasteiger partial charge on any atom is -0.151 e. The van der Waals surface area contributed by atoms with E-state index in [1.54, 1.807) is 11.3 Å². The van der Waals surface area contributed by atoms with Gasteiger partial charge in [-0.25, -0.2) is 0 Å². The van der Waals surface area contributed by atoms with Crippen LogP contribution in [-0.2, 0) is 0 Å². The van der Waals surface area contributed by atoms with Crippen molar-refractivity contribution in [2.75, 3.05) is 0 Å². The van der Waals surface area contributed by atoms with Gasteiger partial charge >= 0.3 is 0 Å².